The van der Waals surface area contributed by atoms with Gasteiger partial charge in [-0.2, -0.15) is 0 Å². The summed E-state index contributed by atoms with van der Waals surface area (Å²) in [4.78, 5) is 26.2. The number of benzene rings is 1. The van der Waals surface area contributed by atoms with E-state index in [2.05, 4.69) is 10.3 Å². The summed E-state index contributed by atoms with van der Waals surface area (Å²) in [5.41, 5.74) is 1.15. The second-order valence-corrected chi connectivity index (χ2v) is 5.44. The van der Waals surface area contributed by atoms with Crippen LogP contribution in [0.2, 0.25) is 0 Å². The number of ether oxygens (including phenoxy) is 1. The first-order valence-corrected chi connectivity index (χ1v) is 7.59. The Kier molecular flexibility index (Phi) is 6.05. The van der Waals surface area contributed by atoms with Gasteiger partial charge >= 0.3 is 5.97 Å². The smallest absolute Gasteiger partial charge is 0.355 e. The summed E-state index contributed by atoms with van der Waals surface area (Å²) < 4.78 is 5.31. The van der Waals surface area contributed by atoms with E-state index in [0.717, 1.165) is 12.0 Å². The van der Waals surface area contributed by atoms with Gasteiger partial charge in [0, 0.05) is 5.38 Å². The summed E-state index contributed by atoms with van der Waals surface area (Å²) in [5, 5.41) is 13.4. The number of hydrogen-bond donors (Lipinski definition) is 2. The van der Waals surface area contributed by atoms with Gasteiger partial charge in [-0.3, -0.25) is 4.79 Å². The summed E-state index contributed by atoms with van der Waals surface area (Å²) >= 11 is 1.20. The first kappa shape index (κ1) is 16.1. The largest absolute Gasteiger partial charge is 0.476 e. The van der Waals surface area contributed by atoms with Crippen molar-refractivity contribution >= 4 is 23.2 Å². The SMILES string of the molecule is O=C(COCCc1ccccc1)NCc1nc(C(=O)O)cs1. The topological polar surface area (TPSA) is 88.5 Å². The van der Waals surface area contributed by atoms with Crippen molar-refractivity contribution in [2.45, 2.75) is 13.0 Å². The van der Waals surface area contributed by atoms with Gasteiger partial charge < -0.3 is 15.2 Å². The number of carboxylic acids is 1. The van der Waals surface area contributed by atoms with E-state index < -0.39 is 5.97 Å². The number of rotatable bonds is 8. The molecular weight excluding hydrogens is 304 g/mol. The number of hydrogen-bond acceptors (Lipinski definition) is 5. The molecule has 1 aromatic heterocycles. The van der Waals surface area contributed by atoms with Gasteiger partial charge in [0.25, 0.3) is 0 Å². The van der Waals surface area contributed by atoms with Crippen LogP contribution < -0.4 is 5.32 Å². The Morgan fingerprint density at radius 2 is 2.05 bits per heavy atom. The molecule has 0 saturated heterocycles. The maximum absolute atomic E-state index is 11.6. The van der Waals surface area contributed by atoms with Gasteiger partial charge in [0.2, 0.25) is 5.91 Å². The molecular formula is C15H16N2O4S. The molecule has 0 aliphatic heterocycles. The predicted molar refractivity (Wildman–Crippen MR) is 81.9 cm³/mol. The van der Waals surface area contributed by atoms with Gasteiger partial charge in [-0.05, 0) is 12.0 Å². The fourth-order valence-electron chi connectivity index (χ4n) is 1.72. The minimum absolute atomic E-state index is 0.00615. The second-order valence-electron chi connectivity index (χ2n) is 4.50. The molecule has 0 radical (unpaired) electrons. The van der Waals surface area contributed by atoms with E-state index >= 15 is 0 Å². The van der Waals surface area contributed by atoms with Gasteiger partial charge in [0.1, 0.15) is 11.6 Å². The highest BCUT2D eigenvalue weighted by molar-refractivity contribution is 7.09. The van der Waals surface area contributed by atoms with Gasteiger partial charge in [0.15, 0.2) is 5.69 Å². The number of aromatic carboxylic acids is 1. The maximum atomic E-state index is 11.6. The molecule has 0 fully saturated rings. The number of nitrogens with zero attached hydrogens (tertiary/aromatic N) is 1. The fourth-order valence-corrected chi connectivity index (χ4v) is 2.42. The molecule has 22 heavy (non-hydrogen) atoms. The molecule has 1 heterocycles. The van der Waals surface area contributed by atoms with Crippen LogP contribution in [-0.2, 0) is 22.5 Å². The molecule has 0 bridgehead atoms. The third-order valence-corrected chi connectivity index (χ3v) is 3.67. The minimum atomic E-state index is -1.07. The number of carboxylic acid groups (broad SMARTS) is 1. The van der Waals surface area contributed by atoms with Crippen molar-refractivity contribution in [2.24, 2.45) is 0 Å². The zero-order chi connectivity index (χ0) is 15.8. The van der Waals surface area contributed by atoms with E-state index in [1.807, 2.05) is 30.3 Å². The molecule has 0 aliphatic carbocycles. The summed E-state index contributed by atoms with van der Waals surface area (Å²) in [7, 11) is 0. The summed E-state index contributed by atoms with van der Waals surface area (Å²) in [5.74, 6) is -1.32. The Morgan fingerprint density at radius 3 is 2.73 bits per heavy atom. The van der Waals surface area contributed by atoms with Crippen LogP contribution in [0.5, 0.6) is 0 Å². The minimum Gasteiger partial charge on any atom is -0.476 e. The first-order valence-electron chi connectivity index (χ1n) is 6.71. The Labute approximate surface area is 131 Å². The van der Waals surface area contributed by atoms with Crippen LogP contribution in [-0.4, -0.2) is 35.2 Å². The van der Waals surface area contributed by atoms with E-state index in [-0.39, 0.29) is 24.8 Å². The van der Waals surface area contributed by atoms with Crippen molar-refractivity contribution in [3.63, 3.8) is 0 Å². The lowest BCUT2D eigenvalue weighted by atomic mass is 10.2. The highest BCUT2D eigenvalue weighted by Gasteiger charge is 2.09. The lowest BCUT2D eigenvalue weighted by Crippen LogP contribution is -2.27. The Bertz CT molecular complexity index is 627. The molecule has 0 atom stereocenters. The number of nitrogens with one attached hydrogen (secondary N) is 1. The Balaban J connectivity index is 1.62. The van der Waals surface area contributed by atoms with Crippen LogP contribution in [0.15, 0.2) is 35.7 Å². The van der Waals surface area contributed by atoms with Gasteiger partial charge in [-0.15, -0.1) is 11.3 Å². The third-order valence-electron chi connectivity index (χ3n) is 2.82. The van der Waals surface area contributed by atoms with Crippen LogP contribution >= 0.6 is 11.3 Å². The van der Waals surface area contributed by atoms with Gasteiger partial charge in [0.05, 0.1) is 13.2 Å². The monoisotopic (exact) mass is 320 g/mol. The number of carbonyl (C=O) groups excluding carboxylic acids is 1. The molecule has 0 saturated carbocycles. The standard InChI is InChI=1S/C15H16N2O4S/c18-13(9-21-7-6-11-4-2-1-3-5-11)16-8-14-17-12(10-22-14)15(19)20/h1-5,10H,6-9H2,(H,16,18)(H,19,20). The van der Waals surface area contributed by atoms with Crippen LogP contribution in [0.3, 0.4) is 0 Å². The van der Waals surface area contributed by atoms with Crippen molar-refractivity contribution in [2.75, 3.05) is 13.2 Å². The molecule has 116 valence electrons. The van der Waals surface area contributed by atoms with Crippen molar-refractivity contribution < 1.29 is 19.4 Å². The zero-order valence-corrected chi connectivity index (χ0v) is 12.6. The van der Waals surface area contributed by atoms with Crippen molar-refractivity contribution in [3.05, 3.63) is 52.0 Å². The molecule has 0 aliphatic rings. The van der Waals surface area contributed by atoms with Crippen molar-refractivity contribution in [3.8, 4) is 0 Å². The molecule has 2 aromatic rings. The summed E-state index contributed by atoms with van der Waals surface area (Å²) in [6.45, 7) is 0.653. The molecule has 1 amide bonds. The number of amides is 1. The van der Waals surface area contributed by atoms with Crippen LogP contribution in [0, 0.1) is 0 Å². The third kappa shape index (κ3) is 5.27. The Hall–Kier alpha value is -2.25. The molecule has 6 nitrogen and oxygen atoms in total. The van der Waals surface area contributed by atoms with E-state index in [0.29, 0.717) is 11.6 Å². The molecule has 0 spiro atoms. The first-order chi connectivity index (χ1) is 10.6. The normalized spacial score (nSPS) is 10.4. The quantitative estimate of drug-likeness (QED) is 0.723. The Morgan fingerprint density at radius 1 is 1.27 bits per heavy atom. The highest BCUT2D eigenvalue weighted by Crippen LogP contribution is 2.09. The lowest BCUT2D eigenvalue weighted by molar-refractivity contribution is -0.125. The molecule has 0 unspecified atom stereocenters. The number of aromatic nitrogens is 1. The summed E-state index contributed by atoms with van der Waals surface area (Å²) in [6, 6.07) is 9.88. The molecule has 2 N–H and O–H groups in total. The lowest BCUT2D eigenvalue weighted by Gasteiger charge is -2.05. The van der Waals surface area contributed by atoms with E-state index in [4.69, 9.17) is 9.84 Å². The van der Waals surface area contributed by atoms with E-state index in [1.54, 1.807) is 0 Å². The predicted octanol–water partition coefficient (Wildman–Crippen LogP) is 1.72. The highest BCUT2D eigenvalue weighted by atomic mass is 32.1. The summed E-state index contributed by atoms with van der Waals surface area (Å²) in [6.07, 6.45) is 0.753. The van der Waals surface area contributed by atoms with Gasteiger partial charge in [-0.25, -0.2) is 9.78 Å². The number of carbonyl (C=O) groups is 2. The van der Waals surface area contributed by atoms with Crippen molar-refractivity contribution in [1.29, 1.82) is 0 Å². The zero-order valence-electron chi connectivity index (χ0n) is 11.8. The van der Waals surface area contributed by atoms with Gasteiger partial charge in [-0.1, -0.05) is 30.3 Å². The van der Waals surface area contributed by atoms with E-state index in [9.17, 15) is 9.59 Å². The average molecular weight is 320 g/mol. The average Bonchev–Trinajstić information content (AvgIpc) is 3.00. The second kappa shape index (κ2) is 8.26. The van der Waals surface area contributed by atoms with E-state index in [1.165, 1.54) is 16.7 Å². The maximum Gasteiger partial charge on any atom is 0.355 e. The van der Waals surface area contributed by atoms with Crippen LogP contribution in [0.1, 0.15) is 21.1 Å². The molecule has 1 aromatic carbocycles. The molecule has 2 rings (SSSR count). The molecule has 7 heteroatoms. The van der Waals surface area contributed by atoms with Crippen LogP contribution in [0.25, 0.3) is 0 Å². The van der Waals surface area contributed by atoms with Crippen molar-refractivity contribution in [1.82, 2.24) is 10.3 Å². The number of thiazole rings is 1. The van der Waals surface area contributed by atoms with Crippen LogP contribution in [0.4, 0.5) is 0 Å². The fraction of sp³-hybridized carbons (Fsp3) is 0.267.